The van der Waals surface area contributed by atoms with Gasteiger partial charge < -0.3 is 10.2 Å². The van der Waals surface area contributed by atoms with E-state index in [4.69, 9.17) is 0 Å². The lowest BCUT2D eigenvalue weighted by atomic mass is 10.2. The zero-order valence-electron chi connectivity index (χ0n) is 6.06. The van der Waals surface area contributed by atoms with Gasteiger partial charge in [-0.1, -0.05) is 0 Å². The Balaban J connectivity index is 2.53. The molecule has 1 fully saturated rings. The molecule has 52 valence electrons. The smallest absolute Gasteiger partial charge is 0.243 e. The lowest BCUT2D eigenvalue weighted by Gasteiger charge is -2.13. The van der Waals surface area contributed by atoms with Crippen LogP contribution in [0.4, 0.5) is 0 Å². The van der Waals surface area contributed by atoms with E-state index in [0.717, 1.165) is 6.54 Å². The number of likely N-dealkylation sites (N-methyl/N-ethyl adjacent to an activating group) is 1. The molecule has 0 saturated carbocycles. The van der Waals surface area contributed by atoms with Crippen LogP contribution in [0.3, 0.4) is 0 Å². The lowest BCUT2D eigenvalue weighted by Crippen LogP contribution is -2.36. The second-order valence-electron chi connectivity index (χ2n) is 2.89. The van der Waals surface area contributed by atoms with Gasteiger partial charge in [-0.3, -0.25) is 4.79 Å². The fraction of sp³-hybridized carbons (Fsp3) is 0.833. The third kappa shape index (κ3) is 1.05. The molecule has 0 aromatic rings. The number of nitrogens with zero attached hydrogens (tertiary/aromatic N) is 1. The Bertz CT molecular complexity index is 138. The Morgan fingerprint density at radius 3 is 2.22 bits per heavy atom. The number of carbonyl (C=O) groups excluding carboxylic acids is 1. The van der Waals surface area contributed by atoms with E-state index in [2.05, 4.69) is 5.32 Å². The second kappa shape index (κ2) is 1.70. The van der Waals surface area contributed by atoms with Crippen LogP contribution >= 0.6 is 0 Å². The molecule has 1 aliphatic heterocycles. The molecule has 1 rings (SSSR count). The molecule has 0 bridgehead atoms. The Hall–Kier alpha value is -0.570. The van der Waals surface area contributed by atoms with E-state index < -0.39 is 0 Å². The average Bonchev–Trinajstić information content (AvgIpc) is 2.47. The summed E-state index contributed by atoms with van der Waals surface area (Å²) in [4.78, 5) is 12.7. The third-order valence-corrected chi connectivity index (χ3v) is 1.59. The van der Waals surface area contributed by atoms with Crippen molar-refractivity contribution in [3.63, 3.8) is 0 Å². The first-order valence-electron chi connectivity index (χ1n) is 3.03. The van der Waals surface area contributed by atoms with Crippen LogP contribution in [0, 0.1) is 0 Å². The zero-order valence-corrected chi connectivity index (χ0v) is 6.06. The Morgan fingerprint density at radius 1 is 1.67 bits per heavy atom. The second-order valence-corrected chi connectivity index (χ2v) is 2.89. The normalized spacial score (nSPS) is 31.9. The van der Waals surface area contributed by atoms with Crippen molar-refractivity contribution in [3.8, 4) is 0 Å². The molecule has 1 heterocycles. The van der Waals surface area contributed by atoms with E-state index in [1.807, 2.05) is 6.92 Å². The number of hydrogen-bond acceptors (Lipinski definition) is 2. The van der Waals surface area contributed by atoms with Crippen LogP contribution < -0.4 is 5.32 Å². The molecule has 0 aromatic carbocycles. The largest absolute Gasteiger partial charge is 0.347 e. The van der Waals surface area contributed by atoms with Gasteiger partial charge >= 0.3 is 0 Å². The Morgan fingerprint density at radius 2 is 2.11 bits per heavy atom. The van der Waals surface area contributed by atoms with Crippen LogP contribution in [0.15, 0.2) is 0 Å². The molecule has 0 aromatic heterocycles. The van der Waals surface area contributed by atoms with Crippen molar-refractivity contribution < 1.29 is 4.79 Å². The van der Waals surface area contributed by atoms with Gasteiger partial charge in [-0.25, -0.2) is 0 Å². The maximum atomic E-state index is 11.1. The minimum absolute atomic E-state index is 0.169. The molecule has 3 heteroatoms. The maximum Gasteiger partial charge on any atom is 0.243 e. The van der Waals surface area contributed by atoms with Gasteiger partial charge in [-0.15, -0.1) is 0 Å². The molecule has 1 unspecified atom stereocenters. The lowest BCUT2D eigenvalue weighted by molar-refractivity contribution is -0.130. The van der Waals surface area contributed by atoms with E-state index in [-0.39, 0.29) is 11.4 Å². The molecule has 1 amide bonds. The van der Waals surface area contributed by atoms with Gasteiger partial charge in [0.1, 0.15) is 5.54 Å². The van der Waals surface area contributed by atoms with E-state index >= 15 is 0 Å². The van der Waals surface area contributed by atoms with E-state index in [0.29, 0.717) is 0 Å². The molecular weight excluding hydrogens is 116 g/mol. The number of hydrogen-bond donors (Lipinski definition) is 1. The SMILES string of the molecule is CN(C)C(=O)C1(C)CN1. The van der Waals surface area contributed by atoms with Crippen LogP contribution in [0.1, 0.15) is 6.92 Å². The fourth-order valence-electron chi connectivity index (χ4n) is 0.777. The van der Waals surface area contributed by atoms with Crippen molar-refractivity contribution >= 4 is 5.91 Å². The predicted octanol–water partition coefficient (Wildman–Crippen LogP) is -0.563. The van der Waals surface area contributed by atoms with Gasteiger partial charge in [-0.2, -0.15) is 0 Å². The summed E-state index contributed by atoms with van der Waals surface area (Å²) in [6.45, 7) is 2.74. The number of rotatable bonds is 1. The van der Waals surface area contributed by atoms with Crippen molar-refractivity contribution in [1.29, 1.82) is 0 Å². The summed E-state index contributed by atoms with van der Waals surface area (Å²) in [7, 11) is 3.54. The van der Waals surface area contributed by atoms with E-state index in [1.165, 1.54) is 0 Å². The average molecular weight is 128 g/mol. The molecule has 1 saturated heterocycles. The summed E-state index contributed by atoms with van der Waals surface area (Å²) in [5.74, 6) is 0.169. The van der Waals surface area contributed by atoms with Gasteiger partial charge in [0.25, 0.3) is 0 Å². The van der Waals surface area contributed by atoms with E-state index in [1.54, 1.807) is 19.0 Å². The molecule has 0 radical (unpaired) electrons. The highest BCUT2D eigenvalue weighted by atomic mass is 16.2. The van der Waals surface area contributed by atoms with Crippen LogP contribution in [-0.2, 0) is 4.79 Å². The monoisotopic (exact) mass is 128 g/mol. The van der Waals surface area contributed by atoms with Crippen LogP contribution in [-0.4, -0.2) is 37.0 Å². The minimum Gasteiger partial charge on any atom is -0.347 e. The number of carbonyl (C=O) groups is 1. The summed E-state index contributed by atoms with van der Waals surface area (Å²) < 4.78 is 0. The van der Waals surface area contributed by atoms with Gasteiger partial charge in [0, 0.05) is 20.6 Å². The van der Waals surface area contributed by atoms with Crippen molar-refractivity contribution in [2.75, 3.05) is 20.6 Å². The van der Waals surface area contributed by atoms with Crippen molar-refractivity contribution in [2.45, 2.75) is 12.5 Å². The van der Waals surface area contributed by atoms with Crippen LogP contribution in [0.5, 0.6) is 0 Å². The molecule has 0 aliphatic carbocycles. The quantitative estimate of drug-likeness (QED) is 0.481. The molecule has 1 atom stereocenters. The van der Waals surface area contributed by atoms with Crippen molar-refractivity contribution in [1.82, 2.24) is 10.2 Å². The topological polar surface area (TPSA) is 42.2 Å². The van der Waals surface area contributed by atoms with Gasteiger partial charge in [-0.05, 0) is 6.92 Å². The highest BCUT2D eigenvalue weighted by Gasteiger charge is 2.45. The predicted molar refractivity (Wildman–Crippen MR) is 35.1 cm³/mol. The van der Waals surface area contributed by atoms with Crippen LogP contribution in [0.2, 0.25) is 0 Å². The Kier molecular flexibility index (Phi) is 1.24. The van der Waals surface area contributed by atoms with Crippen molar-refractivity contribution in [2.24, 2.45) is 0 Å². The van der Waals surface area contributed by atoms with E-state index in [9.17, 15) is 4.79 Å². The standard InChI is InChI=1S/C6H12N2O/c1-6(4-7-6)5(9)8(2)3/h7H,4H2,1-3H3. The van der Waals surface area contributed by atoms with Gasteiger partial charge in [0.2, 0.25) is 5.91 Å². The third-order valence-electron chi connectivity index (χ3n) is 1.59. The van der Waals surface area contributed by atoms with Crippen molar-refractivity contribution in [3.05, 3.63) is 0 Å². The summed E-state index contributed by atoms with van der Waals surface area (Å²) >= 11 is 0. The highest BCUT2D eigenvalue weighted by Crippen LogP contribution is 2.16. The van der Waals surface area contributed by atoms with Crippen LogP contribution in [0.25, 0.3) is 0 Å². The molecule has 0 spiro atoms. The summed E-state index contributed by atoms with van der Waals surface area (Å²) in [6.07, 6.45) is 0. The molecular formula is C6H12N2O. The molecule has 1 N–H and O–H groups in total. The molecule has 9 heavy (non-hydrogen) atoms. The highest BCUT2D eigenvalue weighted by molar-refractivity contribution is 5.88. The van der Waals surface area contributed by atoms with Gasteiger partial charge in [0.15, 0.2) is 0 Å². The summed E-state index contributed by atoms with van der Waals surface area (Å²) in [5.41, 5.74) is -0.233. The van der Waals surface area contributed by atoms with Gasteiger partial charge in [0.05, 0.1) is 0 Å². The number of amides is 1. The zero-order chi connectivity index (χ0) is 7.07. The minimum atomic E-state index is -0.233. The molecule has 3 nitrogen and oxygen atoms in total. The maximum absolute atomic E-state index is 11.1. The first-order valence-corrected chi connectivity index (χ1v) is 3.03. The molecule has 1 aliphatic rings. The summed E-state index contributed by atoms with van der Waals surface area (Å²) in [5, 5.41) is 3.00. The number of nitrogens with one attached hydrogen (secondary N) is 1. The first-order chi connectivity index (χ1) is 4.06. The Labute approximate surface area is 55.0 Å². The summed E-state index contributed by atoms with van der Waals surface area (Å²) in [6, 6.07) is 0. The first kappa shape index (κ1) is 6.55. The fourth-order valence-corrected chi connectivity index (χ4v) is 0.777.